The lowest BCUT2D eigenvalue weighted by atomic mass is 9.82. The van der Waals surface area contributed by atoms with E-state index in [0.29, 0.717) is 12.0 Å². The number of aryl methyl sites for hydroxylation is 1. The van der Waals surface area contributed by atoms with Crippen LogP contribution in [0.1, 0.15) is 18.9 Å². The molecule has 1 fully saturated rings. The van der Waals surface area contributed by atoms with Gasteiger partial charge in [0.15, 0.2) is 0 Å². The van der Waals surface area contributed by atoms with Crippen molar-refractivity contribution in [1.82, 2.24) is 14.5 Å². The van der Waals surface area contributed by atoms with Crippen molar-refractivity contribution in [3.63, 3.8) is 0 Å². The van der Waals surface area contributed by atoms with E-state index < -0.39 is 18.0 Å². The highest BCUT2D eigenvalue weighted by molar-refractivity contribution is 6.09. The number of amides is 1. The maximum absolute atomic E-state index is 12.4. The Morgan fingerprint density at radius 1 is 1.29 bits per heavy atom. The van der Waals surface area contributed by atoms with E-state index >= 15 is 0 Å². The van der Waals surface area contributed by atoms with Gasteiger partial charge in [0.25, 0.3) is 0 Å². The quantitative estimate of drug-likeness (QED) is 0.682. The van der Waals surface area contributed by atoms with Crippen LogP contribution in [-0.2, 0) is 16.6 Å². The summed E-state index contributed by atoms with van der Waals surface area (Å²) in [7, 11) is 1.97. The predicted molar refractivity (Wildman–Crippen MR) is 103 cm³/mol. The first-order chi connectivity index (χ1) is 13.4. The molecule has 28 heavy (non-hydrogen) atoms. The molecule has 2 aliphatic rings. The second kappa shape index (κ2) is 5.65. The van der Waals surface area contributed by atoms with E-state index in [2.05, 4.69) is 9.55 Å². The predicted octanol–water partition coefficient (Wildman–Crippen LogP) is 2.13. The lowest BCUT2D eigenvalue weighted by molar-refractivity contribution is -0.161. The number of aromatic nitrogens is 2. The Labute approximate surface area is 160 Å². The fourth-order valence-corrected chi connectivity index (χ4v) is 4.74. The highest BCUT2D eigenvalue weighted by Gasteiger charge is 2.56. The van der Waals surface area contributed by atoms with Crippen molar-refractivity contribution in [2.24, 2.45) is 13.0 Å². The van der Waals surface area contributed by atoms with E-state index in [1.165, 1.54) is 4.90 Å². The van der Waals surface area contributed by atoms with Crippen molar-refractivity contribution >= 4 is 39.4 Å². The molecular formula is C21H19N3O4. The third-order valence-electron chi connectivity index (χ3n) is 6.04. The number of hydrogen-bond donors (Lipinski definition) is 2. The first-order valence-electron chi connectivity index (χ1n) is 9.21. The zero-order chi connectivity index (χ0) is 19.7. The minimum atomic E-state index is -1.12. The Kier molecular flexibility index (Phi) is 3.42. The zero-order valence-electron chi connectivity index (χ0n) is 15.5. The molecule has 4 heterocycles. The highest BCUT2D eigenvalue weighted by Crippen LogP contribution is 2.47. The highest BCUT2D eigenvalue weighted by atomic mass is 16.4. The van der Waals surface area contributed by atoms with E-state index in [1.807, 2.05) is 37.4 Å². The SMILES string of the molecule is C[C@@H](O)[C@H]1C(=O)N2C(C(=O)O)=C(c3ccc4c(c3)c3ncccc3n4C)C[C@H]12. The number of carboxylic acid groups (broad SMARTS) is 1. The van der Waals surface area contributed by atoms with E-state index in [4.69, 9.17) is 0 Å². The Morgan fingerprint density at radius 3 is 2.79 bits per heavy atom. The third kappa shape index (κ3) is 2.05. The normalized spacial score (nSPS) is 22.7. The maximum atomic E-state index is 12.4. The topological polar surface area (TPSA) is 95.7 Å². The van der Waals surface area contributed by atoms with Gasteiger partial charge in [0.1, 0.15) is 5.70 Å². The Bertz CT molecular complexity index is 1210. The fourth-order valence-electron chi connectivity index (χ4n) is 4.74. The molecule has 142 valence electrons. The molecule has 2 aromatic heterocycles. The number of aliphatic hydroxyl groups excluding tert-OH is 1. The number of aliphatic carboxylic acids is 1. The van der Waals surface area contributed by atoms with Gasteiger partial charge in [-0.25, -0.2) is 4.79 Å². The Balaban J connectivity index is 1.68. The molecule has 1 amide bonds. The number of hydrogen-bond acceptors (Lipinski definition) is 4. The molecule has 0 saturated carbocycles. The number of nitrogens with zero attached hydrogens (tertiary/aromatic N) is 3. The van der Waals surface area contributed by atoms with Crippen molar-refractivity contribution in [2.75, 3.05) is 0 Å². The molecule has 0 bridgehead atoms. The summed E-state index contributed by atoms with van der Waals surface area (Å²) >= 11 is 0. The number of aliphatic hydroxyl groups is 1. The molecule has 3 aromatic rings. The molecule has 0 aliphatic carbocycles. The molecule has 0 unspecified atom stereocenters. The Hall–Kier alpha value is -3.19. The van der Waals surface area contributed by atoms with E-state index in [1.54, 1.807) is 13.1 Å². The van der Waals surface area contributed by atoms with Gasteiger partial charge in [0.05, 0.1) is 34.6 Å². The minimum absolute atomic E-state index is 0.0273. The summed E-state index contributed by atoms with van der Waals surface area (Å²) in [4.78, 5) is 30.2. The van der Waals surface area contributed by atoms with Gasteiger partial charge in [-0.1, -0.05) is 6.07 Å². The average Bonchev–Trinajstić information content (AvgIpc) is 3.15. The zero-order valence-corrected chi connectivity index (χ0v) is 15.5. The molecule has 1 aromatic carbocycles. The van der Waals surface area contributed by atoms with Gasteiger partial charge in [-0.3, -0.25) is 9.78 Å². The number of rotatable bonds is 3. The number of pyridine rings is 1. The maximum Gasteiger partial charge on any atom is 0.352 e. The van der Waals surface area contributed by atoms with Crippen LogP contribution >= 0.6 is 0 Å². The minimum Gasteiger partial charge on any atom is -0.477 e. The van der Waals surface area contributed by atoms with Crippen LogP contribution in [0.15, 0.2) is 42.2 Å². The monoisotopic (exact) mass is 377 g/mol. The van der Waals surface area contributed by atoms with Crippen LogP contribution < -0.4 is 0 Å². The Morgan fingerprint density at radius 2 is 2.07 bits per heavy atom. The second-order valence-electron chi connectivity index (χ2n) is 7.54. The van der Waals surface area contributed by atoms with Crippen molar-refractivity contribution in [3.05, 3.63) is 47.8 Å². The first-order valence-corrected chi connectivity index (χ1v) is 9.21. The molecule has 1 saturated heterocycles. The summed E-state index contributed by atoms with van der Waals surface area (Å²) in [5.41, 5.74) is 4.30. The van der Waals surface area contributed by atoms with E-state index in [9.17, 15) is 19.8 Å². The summed E-state index contributed by atoms with van der Waals surface area (Å²) in [5.74, 6) is -1.99. The molecule has 7 nitrogen and oxygen atoms in total. The lowest BCUT2D eigenvalue weighted by Crippen LogP contribution is -2.61. The van der Waals surface area contributed by atoms with Gasteiger partial charge in [0.2, 0.25) is 5.91 Å². The summed E-state index contributed by atoms with van der Waals surface area (Å²) in [5, 5.41) is 20.6. The van der Waals surface area contributed by atoms with Crippen LogP contribution in [0.25, 0.3) is 27.5 Å². The first kappa shape index (κ1) is 16.9. The summed E-state index contributed by atoms with van der Waals surface area (Å²) in [6, 6.07) is 9.40. The van der Waals surface area contributed by atoms with Crippen LogP contribution in [-0.4, -0.2) is 48.7 Å². The number of benzene rings is 1. The average molecular weight is 377 g/mol. The number of carbonyl (C=O) groups excluding carboxylic acids is 1. The van der Waals surface area contributed by atoms with Crippen LogP contribution in [0.4, 0.5) is 0 Å². The van der Waals surface area contributed by atoms with Gasteiger partial charge >= 0.3 is 5.97 Å². The van der Waals surface area contributed by atoms with Gasteiger partial charge in [0, 0.05) is 18.6 Å². The molecular weight excluding hydrogens is 358 g/mol. The second-order valence-corrected chi connectivity index (χ2v) is 7.54. The van der Waals surface area contributed by atoms with Crippen LogP contribution in [0.2, 0.25) is 0 Å². The van der Waals surface area contributed by atoms with Crippen molar-refractivity contribution < 1.29 is 19.8 Å². The largest absolute Gasteiger partial charge is 0.477 e. The van der Waals surface area contributed by atoms with Gasteiger partial charge in [-0.2, -0.15) is 0 Å². The van der Waals surface area contributed by atoms with E-state index in [-0.39, 0.29) is 17.6 Å². The number of carboxylic acids is 1. The molecule has 0 radical (unpaired) electrons. The molecule has 0 spiro atoms. The molecule has 2 N–H and O–H groups in total. The summed E-state index contributed by atoms with van der Waals surface area (Å²) in [6.45, 7) is 1.58. The third-order valence-corrected chi connectivity index (χ3v) is 6.04. The van der Waals surface area contributed by atoms with Gasteiger partial charge in [-0.05, 0) is 48.7 Å². The van der Waals surface area contributed by atoms with Crippen LogP contribution in [0.3, 0.4) is 0 Å². The number of fused-ring (bicyclic) bond motifs is 4. The standard InChI is InChI=1S/C21H19N3O4/c1-10(25)17-16-9-12(19(21(27)28)24(16)20(17)26)11-5-6-14-13(8-11)18-15(23(14)2)4-3-7-22-18/h3-8,10,16-17,25H,9H2,1-2H3,(H,27,28)/t10-,16-,17-/m1/s1. The number of β-lactam (4-membered cyclic amide) rings is 1. The molecule has 3 atom stereocenters. The molecule has 5 rings (SSSR count). The number of carbonyl (C=O) groups is 2. The van der Waals surface area contributed by atoms with E-state index in [0.717, 1.165) is 27.5 Å². The summed E-state index contributed by atoms with van der Waals surface area (Å²) in [6.07, 6.45) is 1.36. The van der Waals surface area contributed by atoms with Gasteiger partial charge < -0.3 is 19.7 Å². The van der Waals surface area contributed by atoms with Crippen molar-refractivity contribution in [1.29, 1.82) is 0 Å². The molecule has 2 aliphatic heterocycles. The lowest BCUT2D eigenvalue weighted by Gasteiger charge is -2.44. The van der Waals surface area contributed by atoms with Crippen molar-refractivity contribution in [3.8, 4) is 0 Å². The summed E-state index contributed by atoms with van der Waals surface area (Å²) < 4.78 is 2.06. The van der Waals surface area contributed by atoms with Crippen LogP contribution in [0.5, 0.6) is 0 Å². The fraction of sp³-hybridized carbons (Fsp3) is 0.286. The molecule has 7 heteroatoms. The van der Waals surface area contributed by atoms with Gasteiger partial charge in [-0.15, -0.1) is 0 Å². The van der Waals surface area contributed by atoms with Crippen molar-refractivity contribution in [2.45, 2.75) is 25.5 Å². The van der Waals surface area contributed by atoms with Crippen LogP contribution in [0, 0.1) is 5.92 Å². The smallest absolute Gasteiger partial charge is 0.352 e.